The van der Waals surface area contributed by atoms with E-state index < -0.39 is 13.7 Å². The van der Waals surface area contributed by atoms with Crippen LogP contribution in [0.4, 0.5) is 10.5 Å². The molecule has 0 saturated carbocycles. The first kappa shape index (κ1) is 18.8. The van der Waals surface area contributed by atoms with E-state index in [9.17, 15) is 4.79 Å². The highest BCUT2D eigenvalue weighted by Crippen LogP contribution is 2.36. The zero-order valence-electron chi connectivity index (χ0n) is 16.7. The van der Waals surface area contributed by atoms with Crippen molar-refractivity contribution in [2.75, 3.05) is 24.5 Å². The second-order valence-corrected chi connectivity index (χ2v) is 14.0. The number of aromatic nitrogens is 1. The van der Waals surface area contributed by atoms with Crippen molar-refractivity contribution in [3.63, 3.8) is 0 Å². The molecule has 1 aromatic heterocycles. The van der Waals surface area contributed by atoms with Crippen LogP contribution in [0.2, 0.25) is 19.6 Å². The number of pyridine rings is 1. The lowest BCUT2D eigenvalue weighted by molar-refractivity contribution is 0.0291. The summed E-state index contributed by atoms with van der Waals surface area (Å²) in [7, 11) is -1.40. The quantitative estimate of drug-likeness (QED) is 0.561. The summed E-state index contributed by atoms with van der Waals surface area (Å²) >= 11 is 0. The van der Waals surface area contributed by atoms with E-state index in [0.29, 0.717) is 18.5 Å². The molecule has 0 N–H and O–H groups in total. The first-order chi connectivity index (χ1) is 12.0. The fourth-order valence-corrected chi connectivity index (χ4v) is 3.84. The molecule has 26 heavy (non-hydrogen) atoms. The third-order valence-corrected chi connectivity index (χ3v) is 5.40. The van der Waals surface area contributed by atoms with Gasteiger partial charge >= 0.3 is 6.09 Å². The highest BCUT2D eigenvalue weighted by atomic mass is 28.3. The molecule has 5 nitrogen and oxygen atoms in total. The number of rotatable bonds is 1. The molecule has 2 aliphatic heterocycles. The molecule has 2 aliphatic rings. The second-order valence-electron chi connectivity index (χ2n) is 9.30. The summed E-state index contributed by atoms with van der Waals surface area (Å²) in [4.78, 5) is 20.9. The molecule has 0 bridgehead atoms. The summed E-state index contributed by atoms with van der Waals surface area (Å²) in [5, 5.41) is 0. The molecule has 140 valence electrons. The second kappa shape index (κ2) is 6.62. The van der Waals surface area contributed by atoms with Crippen molar-refractivity contribution < 1.29 is 9.53 Å². The van der Waals surface area contributed by atoms with E-state index >= 15 is 0 Å². The number of ether oxygens (including phenoxy) is 1. The lowest BCUT2D eigenvalue weighted by Crippen LogP contribution is -2.55. The lowest BCUT2D eigenvalue weighted by Gasteiger charge is -2.45. The van der Waals surface area contributed by atoms with Crippen molar-refractivity contribution in [3.8, 4) is 11.5 Å². The van der Waals surface area contributed by atoms with Crippen molar-refractivity contribution in [1.29, 1.82) is 0 Å². The molecule has 0 unspecified atom stereocenters. The number of hydrogen-bond donors (Lipinski definition) is 0. The average molecular weight is 372 g/mol. The topological polar surface area (TPSA) is 45.7 Å². The first-order valence-corrected chi connectivity index (χ1v) is 12.7. The number of nitrogens with zero attached hydrogens (tertiary/aromatic N) is 3. The maximum atomic E-state index is 12.3. The van der Waals surface area contributed by atoms with E-state index in [1.54, 1.807) is 0 Å². The number of fused-ring (bicyclic) bond motifs is 1. The Morgan fingerprint density at radius 2 is 1.96 bits per heavy atom. The van der Waals surface area contributed by atoms with Crippen LogP contribution in [0.3, 0.4) is 0 Å². The van der Waals surface area contributed by atoms with E-state index in [-0.39, 0.29) is 6.09 Å². The van der Waals surface area contributed by atoms with Gasteiger partial charge in [0.05, 0.1) is 17.9 Å². The van der Waals surface area contributed by atoms with Crippen LogP contribution in [-0.4, -0.2) is 55.3 Å². The highest BCUT2D eigenvalue weighted by molar-refractivity contribution is 6.83. The number of hydrogen-bond acceptors (Lipinski definition) is 4. The van der Waals surface area contributed by atoms with Gasteiger partial charge in [0.15, 0.2) is 0 Å². The van der Waals surface area contributed by atoms with Crippen LogP contribution in [0.15, 0.2) is 18.5 Å². The predicted molar refractivity (Wildman–Crippen MR) is 107 cm³/mol. The third-order valence-electron chi connectivity index (χ3n) is 4.53. The third kappa shape index (κ3) is 4.39. The van der Waals surface area contributed by atoms with Gasteiger partial charge in [-0.1, -0.05) is 25.6 Å². The van der Waals surface area contributed by atoms with Gasteiger partial charge in [-0.3, -0.25) is 4.98 Å². The predicted octanol–water partition coefficient (Wildman–Crippen LogP) is 3.37. The van der Waals surface area contributed by atoms with Crippen molar-refractivity contribution >= 4 is 19.9 Å². The lowest BCUT2D eigenvalue weighted by atomic mass is 9.91. The zero-order valence-corrected chi connectivity index (χ0v) is 17.7. The summed E-state index contributed by atoms with van der Waals surface area (Å²) in [5.74, 6) is 3.79. The van der Waals surface area contributed by atoms with Gasteiger partial charge < -0.3 is 14.5 Å². The SMILES string of the molecule is CC(C)(C)OC(=O)N1C[C@@H]2CN(c3cncc(C#C[Si](C)(C)C)c3)[C@@H]2C1. The summed E-state index contributed by atoms with van der Waals surface area (Å²) in [6, 6.07) is 2.47. The van der Waals surface area contributed by atoms with Crippen molar-refractivity contribution in [1.82, 2.24) is 9.88 Å². The molecule has 3 rings (SSSR count). The Morgan fingerprint density at radius 3 is 2.62 bits per heavy atom. The number of likely N-dealkylation sites (tertiary alicyclic amines) is 1. The molecule has 2 atom stereocenters. The highest BCUT2D eigenvalue weighted by Gasteiger charge is 2.47. The maximum Gasteiger partial charge on any atom is 0.410 e. The number of anilines is 1. The normalized spacial score (nSPS) is 22.2. The van der Waals surface area contributed by atoms with E-state index in [4.69, 9.17) is 4.74 Å². The van der Waals surface area contributed by atoms with Crippen molar-refractivity contribution in [2.24, 2.45) is 5.92 Å². The van der Waals surface area contributed by atoms with Crippen LogP contribution in [-0.2, 0) is 4.74 Å². The Kier molecular flexibility index (Phi) is 4.78. The first-order valence-electron chi connectivity index (χ1n) is 9.25. The number of carbonyl (C=O) groups excluding carboxylic acids is 1. The molecule has 1 amide bonds. The van der Waals surface area contributed by atoms with Gasteiger partial charge in [-0.2, -0.15) is 0 Å². The fraction of sp³-hybridized carbons (Fsp3) is 0.600. The summed E-state index contributed by atoms with van der Waals surface area (Å²) in [5.41, 5.74) is 5.00. The number of carbonyl (C=O) groups is 1. The van der Waals surface area contributed by atoms with E-state index in [0.717, 1.165) is 24.3 Å². The van der Waals surface area contributed by atoms with Gasteiger partial charge in [0, 0.05) is 37.3 Å². The fourth-order valence-electron chi connectivity index (χ4n) is 3.32. The van der Waals surface area contributed by atoms with E-state index in [1.165, 1.54) is 0 Å². The molecule has 0 radical (unpaired) electrons. The molecule has 1 aromatic rings. The Morgan fingerprint density at radius 1 is 1.23 bits per heavy atom. The van der Waals surface area contributed by atoms with Gasteiger partial charge in [0.1, 0.15) is 13.7 Å². The number of amides is 1. The van der Waals surface area contributed by atoms with E-state index in [1.807, 2.05) is 38.1 Å². The van der Waals surface area contributed by atoms with Gasteiger partial charge in [-0.15, -0.1) is 5.54 Å². The molecule has 0 aromatic carbocycles. The van der Waals surface area contributed by atoms with Crippen LogP contribution in [0.5, 0.6) is 0 Å². The average Bonchev–Trinajstić information content (AvgIpc) is 2.81. The molecule has 2 saturated heterocycles. The van der Waals surface area contributed by atoms with Crippen molar-refractivity contribution in [2.45, 2.75) is 52.1 Å². The minimum Gasteiger partial charge on any atom is -0.444 e. The minimum atomic E-state index is -1.40. The Hall–Kier alpha value is -2.00. The van der Waals surface area contributed by atoms with Crippen LogP contribution < -0.4 is 4.90 Å². The maximum absolute atomic E-state index is 12.3. The molecule has 2 fully saturated rings. The standard InChI is InChI=1S/C20H29N3O2Si/c1-20(2,3)25-19(24)22-12-16-13-23(18(16)14-22)17-9-15(10-21-11-17)7-8-26(4,5)6/h9-11,16,18H,12-14H2,1-6H3/t16-,18-/m1/s1. The van der Waals surface area contributed by atoms with Gasteiger partial charge in [0.2, 0.25) is 0 Å². The largest absolute Gasteiger partial charge is 0.444 e. The molecule has 6 heteroatoms. The summed E-state index contributed by atoms with van der Waals surface area (Å²) in [6.07, 6.45) is 3.52. The van der Waals surface area contributed by atoms with Crippen LogP contribution in [0.1, 0.15) is 26.3 Å². The Labute approximate surface area is 157 Å². The van der Waals surface area contributed by atoms with Crippen LogP contribution in [0, 0.1) is 17.4 Å². The Bertz CT molecular complexity index is 755. The molecular formula is C20H29N3O2Si. The van der Waals surface area contributed by atoms with Gasteiger partial charge in [0.25, 0.3) is 0 Å². The van der Waals surface area contributed by atoms with Crippen LogP contribution >= 0.6 is 0 Å². The zero-order chi connectivity index (χ0) is 19.1. The summed E-state index contributed by atoms with van der Waals surface area (Å²) in [6.45, 7) is 14.9. The Balaban J connectivity index is 1.67. The van der Waals surface area contributed by atoms with Gasteiger partial charge in [-0.25, -0.2) is 4.79 Å². The van der Waals surface area contributed by atoms with Gasteiger partial charge in [-0.05, 0) is 26.8 Å². The minimum absolute atomic E-state index is 0.209. The molecule has 3 heterocycles. The molecule has 0 aliphatic carbocycles. The summed E-state index contributed by atoms with van der Waals surface area (Å²) < 4.78 is 5.51. The molecule has 0 spiro atoms. The monoisotopic (exact) mass is 371 g/mol. The smallest absolute Gasteiger partial charge is 0.410 e. The van der Waals surface area contributed by atoms with Crippen molar-refractivity contribution in [3.05, 3.63) is 24.0 Å². The van der Waals surface area contributed by atoms with Crippen LogP contribution in [0.25, 0.3) is 0 Å². The molecular weight excluding hydrogens is 342 g/mol. The van der Waals surface area contributed by atoms with E-state index in [2.05, 4.69) is 47.1 Å².